The molecule has 0 saturated heterocycles. The third-order valence-corrected chi connectivity index (χ3v) is 5.69. The van der Waals surface area contributed by atoms with Crippen molar-refractivity contribution in [1.29, 1.82) is 0 Å². The van der Waals surface area contributed by atoms with Crippen LogP contribution in [-0.4, -0.2) is 17.5 Å². The second-order valence-electron chi connectivity index (χ2n) is 6.60. The van der Waals surface area contributed by atoms with Crippen molar-refractivity contribution in [2.75, 3.05) is 6.61 Å². The maximum atomic E-state index is 12.8. The summed E-state index contributed by atoms with van der Waals surface area (Å²) in [5.41, 5.74) is 3.15. The summed E-state index contributed by atoms with van der Waals surface area (Å²) < 4.78 is 7.94. The van der Waals surface area contributed by atoms with Crippen molar-refractivity contribution in [1.82, 2.24) is 4.57 Å². The van der Waals surface area contributed by atoms with E-state index in [2.05, 4.69) is 0 Å². The zero-order valence-corrected chi connectivity index (χ0v) is 19.4. The molecule has 0 unspecified atom stereocenters. The van der Waals surface area contributed by atoms with E-state index >= 15 is 0 Å². The predicted molar refractivity (Wildman–Crippen MR) is 131 cm³/mol. The number of aryl methyl sites for hydroxylation is 1. The van der Waals surface area contributed by atoms with E-state index in [0.29, 0.717) is 39.4 Å². The Balaban J connectivity index is 1.93. The number of rotatable bonds is 8. The van der Waals surface area contributed by atoms with Crippen LogP contribution in [0.2, 0.25) is 5.02 Å². The normalized spacial score (nSPS) is 11.0. The SMILES string of the molecule is CCOc1ccccc1/C=C/c1c(Cl)cc(I)c(=O)n1CCc1ccc(C=O)cc1. The van der Waals surface area contributed by atoms with Crippen LogP contribution in [0.5, 0.6) is 5.75 Å². The van der Waals surface area contributed by atoms with Gasteiger partial charge in [0.15, 0.2) is 0 Å². The van der Waals surface area contributed by atoms with Crippen LogP contribution in [0.15, 0.2) is 59.4 Å². The maximum Gasteiger partial charge on any atom is 0.264 e. The molecule has 0 aliphatic carbocycles. The van der Waals surface area contributed by atoms with Crippen LogP contribution in [0.25, 0.3) is 12.2 Å². The number of benzene rings is 2. The fourth-order valence-corrected chi connectivity index (χ4v) is 4.14. The summed E-state index contributed by atoms with van der Waals surface area (Å²) in [6.45, 7) is 2.99. The molecule has 3 aromatic rings. The lowest BCUT2D eigenvalue weighted by molar-refractivity contribution is 0.112. The first-order valence-corrected chi connectivity index (χ1v) is 11.0. The van der Waals surface area contributed by atoms with E-state index in [-0.39, 0.29) is 5.56 Å². The van der Waals surface area contributed by atoms with Gasteiger partial charge in [-0.1, -0.05) is 54.1 Å². The van der Waals surface area contributed by atoms with Crippen LogP contribution in [-0.2, 0) is 13.0 Å². The third kappa shape index (κ3) is 5.40. The van der Waals surface area contributed by atoms with Gasteiger partial charge in [-0.3, -0.25) is 9.59 Å². The first-order chi connectivity index (χ1) is 14.5. The molecule has 0 radical (unpaired) electrons. The van der Waals surface area contributed by atoms with Gasteiger partial charge in [-0.15, -0.1) is 0 Å². The topological polar surface area (TPSA) is 48.3 Å². The molecule has 0 spiro atoms. The van der Waals surface area contributed by atoms with Crippen LogP contribution in [0, 0.1) is 3.57 Å². The monoisotopic (exact) mass is 533 g/mol. The van der Waals surface area contributed by atoms with E-state index in [1.54, 1.807) is 22.8 Å². The minimum atomic E-state index is -0.0812. The molecule has 3 rings (SSSR count). The van der Waals surface area contributed by atoms with Crippen LogP contribution in [0.1, 0.15) is 34.1 Å². The van der Waals surface area contributed by atoms with E-state index in [1.807, 2.05) is 78.1 Å². The molecule has 0 aliphatic rings. The van der Waals surface area contributed by atoms with Crippen LogP contribution in [0.4, 0.5) is 0 Å². The second kappa shape index (κ2) is 10.6. The van der Waals surface area contributed by atoms with E-state index < -0.39 is 0 Å². The molecule has 0 bridgehead atoms. The molecule has 0 N–H and O–H groups in total. The number of carbonyl (C=O) groups is 1. The summed E-state index contributed by atoms with van der Waals surface area (Å²) in [5, 5.41) is 0.514. The van der Waals surface area contributed by atoms with Gasteiger partial charge >= 0.3 is 0 Å². The largest absolute Gasteiger partial charge is 0.493 e. The van der Waals surface area contributed by atoms with Gasteiger partial charge in [0.25, 0.3) is 5.56 Å². The van der Waals surface area contributed by atoms with Gasteiger partial charge in [0, 0.05) is 17.7 Å². The molecule has 0 atom stereocenters. The first kappa shape index (κ1) is 22.3. The Hall–Kier alpha value is -2.38. The second-order valence-corrected chi connectivity index (χ2v) is 8.17. The highest BCUT2D eigenvalue weighted by atomic mass is 127. The first-order valence-electron chi connectivity index (χ1n) is 9.56. The molecule has 0 saturated carbocycles. The van der Waals surface area contributed by atoms with Crippen LogP contribution in [0.3, 0.4) is 0 Å². The number of carbonyl (C=O) groups excluding carboxylic acids is 1. The zero-order valence-electron chi connectivity index (χ0n) is 16.5. The molecule has 0 fully saturated rings. The number of nitrogens with zero attached hydrogens (tertiary/aromatic N) is 1. The number of halogens is 2. The summed E-state index contributed by atoms with van der Waals surface area (Å²) in [7, 11) is 0. The number of aromatic nitrogens is 1. The number of hydrogen-bond donors (Lipinski definition) is 0. The van der Waals surface area contributed by atoms with E-state index in [9.17, 15) is 9.59 Å². The van der Waals surface area contributed by atoms with Gasteiger partial charge in [0.2, 0.25) is 0 Å². The Kier molecular flexibility index (Phi) is 7.87. The molecule has 6 heteroatoms. The van der Waals surface area contributed by atoms with E-state index in [4.69, 9.17) is 16.3 Å². The van der Waals surface area contributed by atoms with Crippen molar-refractivity contribution in [3.63, 3.8) is 0 Å². The molecular formula is C24H21ClINO3. The highest BCUT2D eigenvalue weighted by Crippen LogP contribution is 2.24. The number of para-hydroxylation sites is 1. The van der Waals surface area contributed by atoms with Crippen LogP contribution >= 0.6 is 34.2 Å². The summed E-state index contributed by atoms with van der Waals surface area (Å²) in [6.07, 6.45) is 5.23. The number of aldehydes is 1. The van der Waals surface area contributed by atoms with Gasteiger partial charge in [-0.05, 0) is 65.8 Å². The number of hydrogen-bond acceptors (Lipinski definition) is 3. The Morgan fingerprint density at radius 2 is 1.83 bits per heavy atom. The fourth-order valence-electron chi connectivity index (χ4n) is 3.08. The van der Waals surface area contributed by atoms with Crippen molar-refractivity contribution >= 4 is 52.6 Å². The highest BCUT2D eigenvalue weighted by Gasteiger charge is 2.11. The molecule has 4 nitrogen and oxygen atoms in total. The maximum absolute atomic E-state index is 12.8. The van der Waals surface area contributed by atoms with Gasteiger partial charge in [0.1, 0.15) is 12.0 Å². The number of ether oxygens (including phenoxy) is 1. The molecule has 1 heterocycles. The van der Waals surface area contributed by atoms with Gasteiger partial charge < -0.3 is 9.30 Å². The lowest BCUT2D eigenvalue weighted by Crippen LogP contribution is -2.25. The van der Waals surface area contributed by atoms with E-state index in [1.165, 1.54) is 0 Å². The lowest BCUT2D eigenvalue weighted by Gasteiger charge is -2.13. The smallest absolute Gasteiger partial charge is 0.264 e. The Morgan fingerprint density at radius 1 is 1.10 bits per heavy atom. The molecule has 30 heavy (non-hydrogen) atoms. The Morgan fingerprint density at radius 3 is 2.53 bits per heavy atom. The fraction of sp³-hybridized carbons (Fsp3) is 0.167. The minimum Gasteiger partial charge on any atom is -0.493 e. The van der Waals surface area contributed by atoms with Crippen molar-refractivity contribution < 1.29 is 9.53 Å². The average Bonchev–Trinajstić information content (AvgIpc) is 2.76. The minimum absolute atomic E-state index is 0.0812. The standard InChI is InChI=1S/C24H21ClINO3/c1-2-30-23-6-4-3-5-19(23)11-12-22-20(25)15-21(26)24(29)27(22)14-13-17-7-9-18(16-28)10-8-17/h3-12,15-16H,2,13-14H2,1H3/b12-11+. The lowest BCUT2D eigenvalue weighted by atomic mass is 10.1. The van der Waals surface area contributed by atoms with Gasteiger partial charge in [-0.2, -0.15) is 0 Å². The molecule has 2 aromatic carbocycles. The molecule has 154 valence electrons. The van der Waals surface area contributed by atoms with E-state index in [0.717, 1.165) is 23.2 Å². The zero-order chi connectivity index (χ0) is 21.5. The summed E-state index contributed by atoms with van der Waals surface area (Å²) in [5.74, 6) is 0.780. The Labute approximate surface area is 194 Å². The predicted octanol–water partition coefficient (Wildman–Crippen LogP) is 5.73. The van der Waals surface area contributed by atoms with Crippen molar-refractivity contribution in [2.45, 2.75) is 19.9 Å². The number of pyridine rings is 1. The van der Waals surface area contributed by atoms with Gasteiger partial charge in [-0.25, -0.2) is 0 Å². The van der Waals surface area contributed by atoms with Crippen LogP contribution < -0.4 is 10.3 Å². The molecular weight excluding hydrogens is 513 g/mol. The van der Waals surface area contributed by atoms with Gasteiger partial charge in [0.05, 0.1) is 20.9 Å². The molecule has 0 aliphatic heterocycles. The third-order valence-electron chi connectivity index (χ3n) is 4.62. The highest BCUT2D eigenvalue weighted by molar-refractivity contribution is 14.1. The quantitative estimate of drug-likeness (QED) is 0.274. The Bertz CT molecular complexity index is 1120. The van der Waals surface area contributed by atoms with Crippen molar-refractivity contribution in [3.05, 3.63) is 95.9 Å². The molecule has 1 aromatic heterocycles. The molecule has 0 amide bonds. The summed E-state index contributed by atoms with van der Waals surface area (Å²) in [4.78, 5) is 23.7. The van der Waals surface area contributed by atoms with Crippen molar-refractivity contribution in [2.24, 2.45) is 0 Å². The summed E-state index contributed by atoms with van der Waals surface area (Å²) in [6, 6.07) is 16.8. The average molecular weight is 534 g/mol. The summed E-state index contributed by atoms with van der Waals surface area (Å²) >= 11 is 8.52. The van der Waals surface area contributed by atoms with Crippen molar-refractivity contribution in [3.8, 4) is 5.75 Å².